The lowest BCUT2D eigenvalue weighted by molar-refractivity contribution is -0.143. The minimum atomic E-state index is -4.55. The number of nitrogens with zero attached hydrogens (tertiary/aromatic N) is 4. The Balaban J connectivity index is 1.41. The van der Waals surface area contributed by atoms with E-state index < -0.39 is 23.6 Å². The number of hydrogen-bond acceptors (Lipinski definition) is 6. The molecule has 0 aliphatic heterocycles. The van der Waals surface area contributed by atoms with Gasteiger partial charge in [0.25, 0.3) is 5.91 Å². The van der Waals surface area contributed by atoms with Gasteiger partial charge in [-0.2, -0.15) is 13.2 Å². The van der Waals surface area contributed by atoms with Crippen molar-refractivity contribution >= 4 is 29.0 Å². The van der Waals surface area contributed by atoms with Crippen LogP contribution in [0, 0.1) is 5.92 Å². The van der Waals surface area contributed by atoms with Crippen molar-refractivity contribution in [1.82, 2.24) is 19.4 Å². The number of nitrogens with one attached hydrogen (secondary N) is 1. The molecule has 1 saturated carbocycles. The smallest absolute Gasteiger partial charge is 0.416 e. The van der Waals surface area contributed by atoms with Crippen LogP contribution in [-0.4, -0.2) is 36.3 Å². The number of aromatic nitrogens is 4. The average molecular weight is 525 g/mol. The van der Waals surface area contributed by atoms with Crippen molar-refractivity contribution in [3.63, 3.8) is 0 Å². The Bertz CT molecular complexity index is 1510. The highest BCUT2D eigenvalue weighted by molar-refractivity contribution is 6.04. The standard InChI is InChI=1S/C26H23F3N6O3/c27-26(28,29)18-9-10-31-19(13-18)33-24(36)16-5-1-14(2-6-16)20-21-22(30)32-11-12-35(21)23(34-20)15-3-7-17(8-4-15)25(37)38/h1-2,5-6,9-13,15,17H,3-4,7-8H2,(H2,30,32)(H,37,38)(H,31,33,36). The molecule has 0 saturated heterocycles. The zero-order valence-electron chi connectivity index (χ0n) is 19.9. The first-order valence-corrected chi connectivity index (χ1v) is 11.9. The number of anilines is 2. The van der Waals surface area contributed by atoms with Gasteiger partial charge in [0.2, 0.25) is 0 Å². The van der Waals surface area contributed by atoms with Gasteiger partial charge in [-0.05, 0) is 49.9 Å². The number of benzene rings is 1. The van der Waals surface area contributed by atoms with Crippen molar-refractivity contribution in [3.05, 3.63) is 71.9 Å². The summed E-state index contributed by atoms with van der Waals surface area (Å²) in [6, 6.07) is 8.02. The van der Waals surface area contributed by atoms with Crippen LogP contribution >= 0.6 is 0 Å². The van der Waals surface area contributed by atoms with Crippen molar-refractivity contribution in [1.29, 1.82) is 0 Å². The van der Waals surface area contributed by atoms with E-state index in [2.05, 4.69) is 15.3 Å². The van der Waals surface area contributed by atoms with E-state index in [0.717, 1.165) is 24.2 Å². The fourth-order valence-corrected chi connectivity index (χ4v) is 4.82. The summed E-state index contributed by atoms with van der Waals surface area (Å²) in [5.74, 6) is -0.862. The molecule has 196 valence electrons. The number of amides is 1. The molecule has 9 nitrogen and oxygen atoms in total. The highest BCUT2D eigenvalue weighted by Crippen LogP contribution is 2.38. The summed E-state index contributed by atoms with van der Waals surface area (Å²) in [5, 5.41) is 11.7. The van der Waals surface area contributed by atoms with Gasteiger partial charge in [0.1, 0.15) is 28.7 Å². The molecule has 3 aromatic heterocycles. The lowest BCUT2D eigenvalue weighted by atomic mass is 9.81. The van der Waals surface area contributed by atoms with Crippen LogP contribution in [0.5, 0.6) is 0 Å². The third-order valence-electron chi connectivity index (χ3n) is 6.80. The molecule has 0 bridgehead atoms. The Morgan fingerprint density at radius 1 is 1.03 bits per heavy atom. The largest absolute Gasteiger partial charge is 0.481 e. The Kier molecular flexibility index (Phi) is 6.47. The number of fused-ring (bicyclic) bond motifs is 1. The van der Waals surface area contributed by atoms with E-state index in [1.54, 1.807) is 24.5 Å². The average Bonchev–Trinajstić information content (AvgIpc) is 3.29. The molecule has 1 fully saturated rings. The fraction of sp³-hybridized carbons (Fsp3) is 0.269. The number of alkyl halides is 3. The van der Waals surface area contributed by atoms with Gasteiger partial charge in [0, 0.05) is 35.6 Å². The van der Waals surface area contributed by atoms with Crippen molar-refractivity contribution < 1.29 is 27.9 Å². The highest BCUT2D eigenvalue weighted by Gasteiger charge is 2.31. The molecule has 1 aliphatic rings. The van der Waals surface area contributed by atoms with E-state index in [9.17, 15) is 27.9 Å². The fourth-order valence-electron chi connectivity index (χ4n) is 4.82. The summed E-state index contributed by atoms with van der Waals surface area (Å²) in [5.41, 5.74) is 7.35. The monoisotopic (exact) mass is 524 g/mol. The van der Waals surface area contributed by atoms with E-state index in [1.807, 2.05) is 4.40 Å². The second-order valence-electron chi connectivity index (χ2n) is 9.20. The SMILES string of the molecule is Nc1nccn2c(C3CCC(C(=O)O)CC3)nc(-c3ccc(C(=O)Nc4cc(C(F)(F)F)ccn4)cc3)c12. The summed E-state index contributed by atoms with van der Waals surface area (Å²) in [4.78, 5) is 36.9. The number of nitrogen functional groups attached to an aromatic ring is 1. The zero-order valence-corrected chi connectivity index (χ0v) is 19.9. The molecule has 0 radical (unpaired) electrons. The maximum Gasteiger partial charge on any atom is 0.416 e. The summed E-state index contributed by atoms with van der Waals surface area (Å²) < 4.78 is 40.8. The summed E-state index contributed by atoms with van der Waals surface area (Å²) in [6.07, 6.45) is 2.27. The molecule has 0 atom stereocenters. The normalized spacial score (nSPS) is 17.9. The molecule has 3 heterocycles. The van der Waals surface area contributed by atoms with E-state index in [0.29, 0.717) is 42.5 Å². The van der Waals surface area contributed by atoms with E-state index in [1.165, 1.54) is 12.1 Å². The first-order valence-electron chi connectivity index (χ1n) is 11.9. The van der Waals surface area contributed by atoms with E-state index in [4.69, 9.17) is 10.7 Å². The lowest BCUT2D eigenvalue weighted by Gasteiger charge is -2.25. The second kappa shape index (κ2) is 9.77. The van der Waals surface area contributed by atoms with E-state index >= 15 is 0 Å². The quantitative estimate of drug-likeness (QED) is 0.334. The molecule has 5 rings (SSSR count). The second-order valence-corrected chi connectivity index (χ2v) is 9.20. The topological polar surface area (TPSA) is 136 Å². The number of nitrogens with two attached hydrogens (primary N) is 1. The number of carbonyl (C=O) groups is 2. The van der Waals surface area contributed by atoms with Crippen LogP contribution in [0.1, 0.15) is 53.3 Å². The lowest BCUT2D eigenvalue weighted by Crippen LogP contribution is -2.21. The highest BCUT2D eigenvalue weighted by atomic mass is 19.4. The number of hydrogen-bond donors (Lipinski definition) is 3. The van der Waals surface area contributed by atoms with Gasteiger partial charge in [-0.3, -0.25) is 14.0 Å². The van der Waals surface area contributed by atoms with Crippen LogP contribution in [-0.2, 0) is 11.0 Å². The Morgan fingerprint density at radius 3 is 2.39 bits per heavy atom. The molecule has 38 heavy (non-hydrogen) atoms. The number of halogens is 3. The maximum atomic E-state index is 13.0. The number of pyridine rings is 1. The number of carboxylic acid groups (broad SMARTS) is 1. The number of carboxylic acids is 1. The van der Waals surface area contributed by atoms with Crippen LogP contribution in [0.15, 0.2) is 55.0 Å². The summed E-state index contributed by atoms with van der Waals surface area (Å²) in [6.45, 7) is 0. The Labute approximate surface area is 214 Å². The van der Waals surface area contributed by atoms with Crippen molar-refractivity contribution in [2.75, 3.05) is 11.1 Å². The van der Waals surface area contributed by atoms with E-state index in [-0.39, 0.29) is 29.0 Å². The Morgan fingerprint density at radius 2 is 1.74 bits per heavy atom. The first-order chi connectivity index (χ1) is 18.1. The van der Waals surface area contributed by atoms with Gasteiger partial charge < -0.3 is 16.2 Å². The summed E-state index contributed by atoms with van der Waals surface area (Å²) in [7, 11) is 0. The molecule has 4 aromatic rings. The third-order valence-corrected chi connectivity index (χ3v) is 6.80. The molecular formula is C26H23F3N6O3. The summed E-state index contributed by atoms with van der Waals surface area (Å²) >= 11 is 0. The molecule has 4 N–H and O–H groups in total. The minimum Gasteiger partial charge on any atom is -0.481 e. The van der Waals surface area contributed by atoms with Gasteiger partial charge in [0.05, 0.1) is 11.5 Å². The molecule has 1 amide bonds. The van der Waals surface area contributed by atoms with Crippen LogP contribution in [0.2, 0.25) is 0 Å². The Hall–Kier alpha value is -4.48. The third kappa shape index (κ3) is 4.89. The predicted octanol–water partition coefficient (Wildman–Crippen LogP) is 5.00. The molecule has 1 aromatic carbocycles. The van der Waals surface area contributed by atoms with Gasteiger partial charge in [-0.25, -0.2) is 15.0 Å². The molecule has 0 unspecified atom stereocenters. The van der Waals surface area contributed by atoms with Crippen LogP contribution in [0.3, 0.4) is 0 Å². The van der Waals surface area contributed by atoms with Crippen molar-refractivity contribution in [2.45, 2.75) is 37.8 Å². The molecule has 12 heteroatoms. The van der Waals surface area contributed by atoms with Gasteiger partial charge in [-0.1, -0.05) is 12.1 Å². The molecular weight excluding hydrogens is 501 g/mol. The number of imidazole rings is 1. The molecule has 0 spiro atoms. The van der Waals surface area contributed by atoms with Crippen LogP contribution in [0.4, 0.5) is 24.8 Å². The molecule has 1 aliphatic carbocycles. The maximum absolute atomic E-state index is 13.0. The van der Waals surface area contributed by atoms with Crippen molar-refractivity contribution in [3.8, 4) is 11.3 Å². The minimum absolute atomic E-state index is 0.0543. The zero-order chi connectivity index (χ0) is 27.0. The van der Waals surface area contributed by atoms with Crippen LogP contribution < -0.4 is 11.1 Å². The predicted molar refractivity (Wildman–Crippen MR) is 132 cm³/mol. The number of carbonyl (C=O) groups excluding carboxylic acids is 1. The van der Waals surface area contributed by atoms with Crippen LogP contribution in [0.25, 0.3) is 16.8 Å². The van der Waals surface area contributed by atoms with Gasteiger partial charge in [0.15, 0.2) is 0 Å². The van der Waals surface area contributed by atoms with Gasteiger partial charge in [-0.15, -0.1) is 0 Å². The van der Waals surface area contributed by atoms with Crippen molar-refractivity contribution in [2.24, 2.45) is 5.92 Å². The van der Waals surface area contributed by atoms with Gasteiger partial charge >= 0.3 is 12.1 Å². The number of aliphatic carboxylic acids is 1. The first kappa shape index (κ1) is 25.2. The number of rotatable bonds is 5.